The van der Waals surface area contributed by atoms with Gasteiger partial charge in [-0.05, 0) is 57.4 Å². The quantitative estimate of drug-likeness (QED) is 0.761. The van der Waals surface area contributed by atoms with Gasteiger partial charge in [0.15, 0.2) is 0 Å². The topological polar surface area (TPSA) is 41.1 Å². The monoisotopic (exact) mass is 256 g/mol. The first kappa shape index (κ1) is 13.2. The minimum atomic E-state index is 0.254. The van der Waals surface area contributed by atoms with Crippen LogP contribution in [-0.4, -0.2) is 36.5 Å². The molecule has 0 radical (unpaired) electrons. The third-order valence-electron chi connectivity index (χ3n) is 4.09. The number of carbonyl (C=O) groups is 1. The predicted molar refractivity (Wildman–Crippen MR) is 73.3 cm³/mol. The first-order valence-electron chi connectivity index (χ1n) is 6.77. The second-order valence-corrected chi connectivity index (χ2v) is 6.67. The van der Waals surface area contributed by atoms with Crippen LogP contribution in [-0.2, 0) is 4.79 Å². The van der Waals surface area contributed by atoms with Crippen LogP contribution in [0.4, 0.5) is 0 Å². The summed E-state index contributed by atoms with van der Waals surface area (Å²) >= 11 is 1.90. The minimum absolute atomic E-state index is 0.254. The van der Waals surface area contributed by atoms with Crippen LogP contribution in [0.15, 0.2) is 0 Å². The highest BCUT2D eigenvalue weighted by Crippen LogP contribution is 2.46. The zero-order valence-corrected chi connectivity index (χ0v) is 11.6. The summed E-state index contributed by atoms with van der Waals surface area (Å²) in [6.07, 6.45) is 8.94. The summed E-state index contributed by atoms with van der Waals surface area (Å²) in [4.78, 5) is 11.7. The van der Waals surface area contributed by atoms with E-state index >= 15 is 0 Å². The molecule has 0 aromatic heterocycles. The number of thioether (sulfide) groups is 1. The molecule has 2 fully saturated rings. The number of hydrogen-bond acceptors (Lipinski definition) is 3. The summed E-state index contributed by atoms with van der Waals surface area (Å²) in [6, 6.07) is 0. The Morgan fingerprint density at radius 3 is 2.71 bits per heavy atom. The molecule has 17 heavy (non-hydrogen) atoms. The summed E-state index contributed by atoms with van der Waals surface area (Å²) in [5.74, 6) is 1.02. The van der Waals surface area contributed by atoms with Crippen molar-refractivity contribution in [3.63, 3.8) is 0 Å². The van der Waals surface area contributed by atoms with Gasteiger partial charge in [0.25, 0.3) is 0 Å². The van der Waals surface area contributed by atoms with E-state index < -0.39 is 0 Å². The molecule has 1 saturated carbocycles. The third kappa shape index (κ3) is 4.18. The molecule has 1 saturated heterocycles. The highest BCUT2D eigenvalue weighted by molar-refractivity contribution is 8.00. The van der Waals surface area contributed by atoms with E-state index in [0.717, 1.165) is 38.4 Å². The molecule has 1 heterocycles. The lowest BCUT2D eigenvalue weighted by Gasteiger charge is -2.22. The van der Waals surface area contributed by atoms with Gasteiger partial charge in [-0.15, -0.1) is 0 Å². The predicted octanol–water partition coefficient (Wildman–Crippen LogP) is 1.78. The van der Waals surface area contributed by atoms with Crippen LogP contribution >= 0.6 is 11.8 Å². The third-order valence-corrected chi connectivity index (χ3v) is 5.51. The lowest BCUT2D eigenvalue weighted by Crippen LogP contribution is -2.33. The maximum atomic E-state index is 11.7. The van der Waals surface area contributed by atoms with Crippen molar-refractivity contribution in [1.29, 1.82) is 0 Å². The van der Waals surface area contributed by atoms with E-state index in [1.165, 1.54) is 25.7 Å². The molecule has 98 valence electrons. The van der Waals surface area contributed by atoms with Crippen LogP contribution in [0.1, 0.15) is 38.5 Å². The van der Waals surface area contributed by atoms with E-state index in [2.05, 4.69) is 16.9 Å². The molecule has 0 spiro atoms. The van der Waals surface area contributed by atoms with Gasteiger partial charge in [-0.1, -0.05) is 0 Å². The molecular weight excluding hydrogens is 232 g/mol. The van der Waals surface area contributed by atoms with Gasteiger partial charge in [0.05, 0.1) is 0 Å². The minimum Gasteiger partial charge on any atom is -0.355 e. The standard InChI is InChI=1S/C13H24N2OS/c1-17-13(6-7-13)10-15-12(16)3-2-11-4-8-14-9-5-11/h11,14H,2-10H2,1H3,(H,15,16). The number of hydrogen-bond donors (Lipinski definition) is 2. The number of rotatable bonds is 6. The summed E-state index contributed by atoms with van der Waals surface area (Å²) < 4.78 is 0.393. The van der Waals surface area contributed by atoms with E-state index in [0.29, 0.717) is 4.75 Å². The van der Waals surface area contributed by atoms with Crippen LogP contribution in [0.25, 0.3) is 0 Å². The maximum absolute atomic E-state index is 11.7. The Morgan fingerprint density at radius 1 is 1.41 bits per heavy atom. The average molecular weight is 256 g/mol. The molecule has 0 atom stereocenters. The normalized spacial score (nSPS) is 23.4. The smallest absolute Gasteiger partial charge is 0.220 e. The van der Waals surface area contributed by atoms with Gasteiger partial charge in [-0.25, -0.2) is 0 Å². The zero-order chi connectivity index (χ0) is 12.1. The number of amides is 1. The molecule has 2 aliphatic rings. The average Bonchev–Trinajstić information content (AvgIpc) is 3.16. The van der Waals surface area contributed by atoms with Crippen LogP contribution in [0, 0.1) is 5.92 Å². The van der Waals surface area contributed by atoms with Crippen molar-refractivity contribution >= 4 is 17.7 Å². The molecule has 0 aromatic carbocycles. The Morgan fingerprint density at radius 2 is 2.12 bits per heavy atom. The maximum Gasteiger partial charge on any atom is 0.220 e. The van der Waals surface area contributed by atoms with Gasteiger partial charge < -0.3 is 10.6 Å². The van der Waals surface area contributed by atoms with E-state index in [4.69, 9.17) is 0 Å². The molecule has 2 rings (SSSR count). The Balaban J connectivity index is 1.57. The van der Waals surface area contributed by atoms with Crippen molar-refractivity contribution in [2.24, 2.45) is 5.92 Å². The first-order valence-corrected chi connectivity index (χ1v) is 7.99. The van der Waals surface area contributed by atoms with Crippen molar-refractivity contribution < 1.29 is 4.79 Å². The number of piperidine rings is 1. The van der Waals surface area contributed by atoms with Gasteiger partial charge in [-0.2, -0.15) is 11.8 Å². The molecule has 0 unspecified atom stereocenters. The Bertz CT molecular complexity index is 260. The van der Waals surface area contributed by atoms with E-state index in [1.807, 2.05) is 11.8 Å². The number of nitrogens with one attached hydrogen (secondary N) is 2. The van der Waals surface area contributed by atoms with Crippen LogP contribution in [0.3, 0.4) is 0 Å². The fourth-order valence-corrected chi connectivity index (χ4v) is 3.17. The van der Waals surface area contributed by atoms with Crippen molar-refractivity contribution in [3.8, 4) is 0 Å². The van der Waals surface area contributed by atoms with E-state index in [9.17, 15) is 4.79 Å². The first-order chi connectivity index (χ1) is 8.24. The van der Waals surface area contributed by atoms with Crippen LogP contribution < -0.4 is 10.6 Å². The van der Waals surface area contributed by atoms with Crippen molar-refractivity contribution in [1.82, 2.24) is 10.6 Å². The van der Waals surface area contributed by atoms with Crippen molar-refractivity contribution in [2.75, 3.05) is 25.9 Å². The Hall–Kier alpha value is -0.220. The summed E-state index contributed by atoms with van der Waals surface area (Å²) in [7, 11) is 0. The lowest BCUT2D eigenvalue weighted by atomic mass is 9.93. The molecule has 0 aromatic rings. The highest BCUT2D eigenvalue weighted by atomic mass is 32.2. The molecule has 0 bridgehead atoms. The molecule has 1 aliphatic carbocycles. The SMILES string of the molecule is CSC1(CNC(=O)CCC2CCNCC2)CC1. The van der Waals surface area contributed by atoms with Crippen LogP contribution in [0.5, 0.6) is 0 Å². The fourth-order valence-electron chi connectivity index (χ4n) is 2.45. The molecule has 1 amide bonds. The van der Waals surface area contributed by atoms with E-state index in [-0.39, 0.29) is 5.91 Å². The van der Waals surface area contributed by atoms with Crippen LogP contribution in [0.2, 0.25) is 0 Å². The largest absolute Gasteiger partial charge is 0.355 e. The van der Waals surface area contributed by atoms with Crippen molar-refractivity contribution in [2.45, 2.75) is 43.3 Å². The van der Waals surface area contributed by atoms with E-state index in [1.54, 1.807) is 0 Å². The molecule has 3 nitrogen and oxygen atoms in total. The van der Waals surface area contributed by atoms with Gasteiger partial charge in [0, 0.05) is 17.7 Å². The van der Waals surface area contributed by atoms with Gasteiger partial charge in [0.2, 0.25) is 5.91 Å². The lowest BCUT2D eigenvalue weighted by molar-refractivity contribution is -0.121. The van der Waals surface area contributed by atoms with Gasteiger partial charge in [-0.3, -0.25) is 4.79 Å². The fraction of sp³-hybridized carbons (Fsp3) is 0.923. The highest BCUT2D eigenvalue weighted by Gasteiger charge is 2.41. The molecule has 4 heteroatoms. The van der Waals surface area contributed by atoms with Crippen molar-refractivity contribution in [3.05, 3.63) is 0 Å². The van der Waals surface area contributed by atoms with Gasteiger partial charge in [0.1, 0.15) is 0 Å². The Labute approximate surface area is 108 Å². The second kappa shape index (κ2) is 6.10. The zero-order valence-electron chi connectivity index (χ0n) is 10.8. The molecule has 1 aliphatic heterocycles. The summed E-state index contributed by atoms with van der Waals surface area (Å²) in [5, 5.41) is 6.46. The second-order valence-electron chi connectivity index (χ2n) is 5.40. The number of carbonyl (C=O) groups excluding carboxylic acids is 1. The Kier molecular flexibility index (Phi) is 4.74. The van der Waals surface area contributed by atoms with Gasteiger partial charge >= 0.3 is 0 Å². The molecular formula is C13H24N2OS. The summed E-state index contributed by atoms with van der Waals surface area (Å²) in [5.41, 5.74) is 0. The summed E-state index contributed by atoms with van der Waals surface area (Å²) in [6.45, 7) is 3.13. The molecule has 2 N–H and O–H groups in total.